The van der Waals surface area contributed by atoms with E-state index in [-0.39, 0.29) is 30.4 Å². The van der Waals surface area contributed by atoms with Crippen molar-refractivity contribution >= 4 is 5.82 Å². The van der Waals surface area contributed by atoms with Gasteiger partial charge in [-0.05, 0) is 30.5 Å². The lowest BCUT2D eigenvalue weighted by atomic mass is 9.83. The molecule has 6 heteroatoms. The van der Waals surface area contributed by atoms with E-state index in [1.165, 1.54) is 12.1 Å². The molecule has 1 aliphatic carbocycles. The van der Waals surface area contributed by atoms with Gasteiger partial charge < -0.3 is 10.3 Å². The normalized spacial score (nSPS) is 18.8. The Morgan fingerprint density at radius 3 is 2.38 bits per heavy atom. The highest BCUT2D eigenvalue weighted by Gasteiger charge is 2.38. The van der Waals surface area contributed by atoms with Crippen LogP contribution in [0.1, 0.15) is 37.4 Å². The number of hydrogen-bond acceptors (Lipinski definition) is 3. The molecule has 0 atom stereocenters. The Labute approximate surface area is 119 Å². The molecule has 3 rings (SSSR count). The lowest BCUT2D eigenvalue weighted by molar-refractivity contribution is -0.0398. The van der Waals surface area contributed by atoms with Crippen molar-refractivity contribution < 1.29 is 17.7 Å². The van der Waals surface area contributed by atoms with Crippen LogP contribution in [-0.2, 0) is 0 Å². The molecule has 1 saturated carbocycles. The summed E-state index contributed by atoms with van der Waals surface area (Å²) in [6, 6.07) is 5.81. The van der Waals surface area contributed by atoms with E-state index in [1.807, 2.05) is 0 Å². The summed E-state index contributed by atoms with van der Waals surface area (Å²) in [5, 5.41) is 3.75. The zero-order valence-corrected chi connectivity index (χ0v) is 11.3. The van der Waals surface area contributed by atoms with Gasteiger partial charge in [0.25, 0.3) is 0 Å². The van der Waals surface area contributed by atoms with Crippen LogP contribution in [-0.4, -0.2) is 11.1 Å². The second-order valence-corrected chi connectivity index (χ2v) is 5.44. The van der Waals surface area contributed by atoms with Crippen molar-refractivity contribution in [3.05, 3.63) is 35.8 Å². The molecule has 1 aromatic carbocycles. The number of alkyl halides is 2. The number of nitrogens with two attached hydrogens (primary N) is 1. The highest BCUT2D eigenvalue weighted by Crippen LogP contribution is 2.44. The maximum absolute atomic E-state index is 13.3. The molecule has 2 N–H and O–H groups in total. The Morgan fingerprint density at radius 1 is 1.14 bits per heavy atom. The van der Waals surface area contributed by atoms with Crippen LogP contribution < -0.4 is 5.73 Å². The standard InChI is InChI=1S/C15H15F3N2O/c16-11-3-1-9(2-4-11)12-13(21-20-14(12)19)10-5-7-15(17,18)8-6-10/h1-4,10H,5-8H2,(H2,19,20). The molecule has 1 heterocycles. The van der Waals surface area contributed by atoms with Gasteiger partial charge >= 0.3 is 0 Å². The van der Waals surface area contributed by atoms with Crippen molar-refractivity contribution in [1.29, 1.82) is 0 Å². The third kappa shape index (κ3) is 2.75. The second-order valence-electron chi connectivity index (χ2n) is 5.44. The molecule has 0 saturated heterocycles. The fourth-order valence-corrected chi connectivity index (χ4v) is 2.80. The molecule has 0 amide bonds. The third-order valence-corrected chi connectivity index (χ3v) is 3.97. The molecular weight excluding hydrogens is 281 g/mol. The van der Waals surface area contributed by atoms with E-state index < -0.39 is 5.92 Å². The summed E-state index contributed by atoms with van der Waals surface area (Å²) in [5.74, 6) is -2.36. The van der Waals surface area contributed by atoms with Gasteiger partial charge in [-0.15, -0.1) is 0 Å². The molecule has 1 aliphatic rings. The minimum Gasteiger partial charge on any atom is -0.380 e. The number of benzene rings is 1. The highest BCUT2D eigenvalue weighted by molar-refractivity contribution is 5.75. The fourth-order valence-electron chi connectivity index (χ4n) is 2.80. The summed E-state index contributed by atoms with van der Waals surface area (Å²) in [4.78, 5) is 0. The molecular formula is C15H15F3N2O. The number of hydrogen-bond donors (Lipinski definition) is 1. The van der Waals surface area contributed by atoms with E-state index in [4.69, 9.17) is 10.3 Å². The van der Waals surface area contributed by atoms with Crippen molar-refractivity contribution in [3.63, 3.8) is 0 Å². The summed E-state index contributed by atoms with van der Waals surface area (Å²) < 4.78 is 44.8. The zero-order chi connectivity index (χ0) is 15.0. The molecule has 0 unspecified atom stereocenters. The first-order chi connectivity index (χ1) is 9.96. The maximum atomic E-state index is 13.3. The predicted octanol–water partition coefficient (Wildman–Crippen LogP) is 4.36. The van der Waals surface area contributed by atoms with E-state index in [9.17, 15) is 13.2 Å². The fraction of sp³-hybridized carbons (Fsp3) is 0.400. The van der Waals surface area contributed by atoms with Gasteiger partial charge in [-0.25, -0.2) is 13.2 Å². The molecule has 0 radical (unpaired) electrons. The Kier molecular flexibility index (Phi) is 3.39. The van der Waals surface area contributed by atoms with Crippen LogP contribution in [0.25, 0.3) is 11.1 Å². The predicted molar refractivity (Wildman–Crippen MR) is 72.5 cm³/mol. The first kappa shape index (κ1) is 14.0. The van der Waals surface area contributed by atoms with Crippen molar-refractivity contribution in [2.45, 2.75) is 37.5 Å². The smallest absolute Gasteiger partial charge is 0.248 e. The lowest BCUT2D eigenvalue weighted by Gasteiger charge is -2.27. The first-order valence-corrected chi connectivity index (χ1v) is 6.85. The molecule has 112 valence electrons. The van der Waals surface area contributed by atoms with Crippen LogP contribution >= 0.6 is 0 Å². The molecule has 0 spiro atoms. The van der Waals surface area contributed by atoms with E-state index in [0.29, 0.717) is 29.7 Å². The van der Waals surface area contributed by atoms with E-state index >= 15 is 0 Å². The second kappa shape index (κ2) is 5.09. The largest absolute Gasteiger partial charge is 0.380 e. The number of rotatable bonds is 2. The highest BCUT2D eigenvalue weighted by atomic mass is 19.3. The molecule has 21 heavy (non-hydrogen) atoms. The first-order valence-electron chi connectivity index (χ1n) is 6.85. The average molecular weight is 296 g/mol. The van der Waals surface area contributed by atoms with Gasteiger partial charge in [0.05, 0.1) is 5.56 Å². The van der Waals surface area contributed by atoms with Crippen molar-refractivity contribution in [2.24, 2.45) is 0 Å². The SMILES string of the molecule is Nc1noc(C2CCC(F)(F)CC2)c1-c1ccc(F)cc1. The summed E-state index contributed by atoms with van der Waals surface area (Å²) in [6.07, 6.45) is 0.327. The van der Waals surface area contributed by atoms with E-state index in [0.717, 1.165) is 0 Å². The van der Waals surface area contributed by atoms with Crippen LogP contribution in [0.2, 0.25) is 0 Å². The summed E-state index contributed by atoms with van der Waals surface area (Å²) in [6.45, 7) is 0. The molecule has 0 bridgehead atoms. The maximum Gasteiger partial charge on any atom is 0.248 e. The summed E-state index contributed by atoms with van der Waals surface area (Å²) in [5.41, 5.74) is 7.10. The van der Waals surface area contributed by atoms with Crippen LogP contribution in [0.4, 0.5) is 19.0 Å². The zero-order valence-electron chi connectivity index (χ0n) is 11.3. The van der Waals surface area contributed by atoms with Gasteiger partial charge in [-0.1, -0.05) is 17.3 Å². The van der Waals surface area contributed by atoms with Crippen LogP contribution in [0, 0.1) is 5.82 Å². The summed E-state index contributed by atoms with van der Waals surface area (Å²) in [7, 11) is 0. The molecule has 3 nitrogen and oxygen atoms in total. The van der Waals surface area contributed by atoms with Crippen molar-refractivity contribution in [3.8, 4) is 11.1 Å². The van der Waals surface area contributed by atoms with Crippen LogP contribution in [0.5, 0.6) is 0 Å². The Hall–Kier alpha value is -1.98. The van der Waals surface area contributed by atoms with Crippen LogP contribution in [0.3, 0.4) is 0 Å². The van der Waals surface area contributed by atoms with Gasteiger partial charge in [-0.3, -0.25) is 0 Å². The van der Waals surface area contributed by atoms with E-state index in [2.05, 4.69) is 5.16 Å². The van der Waals surface area contributed by atoms with Gasteiger partial charge in [-0.2, -0.15) is 0 Å². The number of nitrogen functional groups attached to an aromatic ring is 1. The number of anilines is 1. The van der Waals surface area contributed by atoms with Gasteiger partial charge in [0.15, 0.2) is 5.82 Å². The van der Waals surface area contributed by atoms with Gasteiger partial charge in [0, 0.05) is 18.8 Å². The quantitative estimate of drug-likeness (QED) is 0.896. The minimum absolute atomic E-state index is 0.130. The Morgan fingerprint density at radius 2 is 1.76 bits per heavy atom. The molecule has 2 aromatic rings. The molecule has 1 fully saturated rings. The Bertz CT molecular complexity index is 627. The number of aromatic nitrogens is 1. The topological polar surface area (TPSA) is 52.0 Å². The van der Waals surface area contributed by atoms with Crippen molar-refractivity contribution in [1.82, 2.24) is 5.16 Å². The lowest BCUT2D eigenvalue weighted by Crippen LogP contribution is -2.23. The van der Waals surface area contributed by atoms with Gasteiger partial charge in [0.1, 0.15) is 11.6 Å². The number of halogens is 3. The Balaban J connectivity index is 1.92. The minimum atomic E-state index is -2.60. The van der Waals surface area contributed by atoms with Gasteiger partial charge in [0.2, 0.25) is 5.92 Å². The number of nitrogens with zero attached hydrogens (tertiary/aromatic N) is 1. The van der Waals surface area contributed by atoms with E-state index in [1.54, 1.807) is 12.1 Å². The monoisotopic (exact) mass is 296 g/mol. The van der Waals surface area contributed by atoms with Crippen molar-refractivity contribution in [2.75, 3.05) is 5.73 Å². The summed E-state index contributed by atoms with van der Waals surface area (Å²) >= 11 is 0. The average Bonchev–Trinajstić information content (AvgIpc) is 2.82. The molecule has 1 aromatic heterocycles. The molecule has 0 aliphatic heterocycles. The van der Waals surface area contributed by atoms with Crippen LogP contribution in [0.15, 0.2) is 28.8 Å². The third-order valence-electron chi connectivity index (χ3n) is 3.97.